The number of carbonyl (C=O) groups excluding carboxylic acids is 2. The van der Waals surface area contributed by atoms with Gasteiger partial charge in [0.2, 0.25) is 12.3 Å². The fourth-order valence-corrected chi connectivity index (χ4v) is 3.29. The third kappa shape index (κ3) is 3.95. The fourth-order valence-electron chi connectivity index (χ4n) is 3.29. The molecular formula is C15H27N3O2. The summed E-state index contributed by atoms with van der Waals surface area (Å²) < 4.78 is 0. The lowest BCUT2D eigenvalue weighted by atomic mass is 10.00. The van der Waals surface area contributed by atoms with Crippen molar-refractivity contribution in [3.8, 4) is 0 Å². The molecule has 1 atom stereocenters. The fraction of sp³-hybridized carbons (Fsp3) is 0.867. The summed E-state index contributed by atoms with van der Waals surface area (Å²) >= 11 is 0. The molecule has 5 nitrogen and oxygen atoms in total. The second kappa shape index (κ2) is 7.62. The average Bonchev–Trinajstić information content (AvgIpc) is 2.53. The van der Waals surface area contributed by atoms with E-state index in [-0.39, 0.29) is 5.91 Å². The molecule has 20 heavy (non-hydrogen) atoms. The molecule has 2 aliphatic heterocycles. The van der Waals surface area contributed by atoms with E-state index in [9.17, 15) is 9.59 Å². The third-order valence-corrected chi connectivity index (χ3v) is 4.65. The smallest absolute Gasteiger partial charge is 0.223 e. The van der Waals surface area contributed by atoms with E-state index >= 15 is 0 Å². The van der Waals surface area contributed by atoms with Crippen LogP contribution in [0.5, 0.6) is 0 Å². The molecule has 0 aromatic carbocycles. The molecule has 2 rings (SSSR count). The summed E-state index contributed by atoms with van der Waals surface area (Å²) in [5.41, 5.74) is 0. The quantitative estimate of drug-likeness (QED) is 0.705. The maximum absolute atomic E-state index is 12.2. The number of piperazine rings is 1. The van der Waals surface area contributed by atoms with E-state index in [4.69, 9.17) is 0 Å². The molecule has 0 aliphatic carbocycles. The third-order valence-electron chi connectivity index (χ3n) is 4.65. The zero-order chi connectivity index (χ0) is 14.4. The number of hydrogen-bond donors (Lipinski definition) is 0. The van der Waals surface area contributed by atoms with Crippen molar-refractivity contribution in [3.63, 3.8) is 0 Å². The maximum atomic E-state index is 12.2. The van der Waals surface area contributed by atoms with Crippen molar-refractivity contribution in [1.82, 2.24) is 14.7 Å². The summed E-state index contributed by atoms with van der Waals surface area (Å²) in [5.74, 6) is 0.246. The summed E-state index contributed by atoms with van der Waals surface area (Å²) in [6, 6.07) is 0.670. The Morgan fingerprint density at radius 1 is 1.15 bits per heavy atom. The monoisotopic (exact) mass is 281 g/mol. The summed E-state index contributed by atoms with van der Waals surface area (Å²) in [4.78, 5) is 29.0. The highest BCUT2D eigenvalue weighted by Gasteiger charge is 2.24. The van der Waals surface area contributed by atoms with Gasteiger partial charge in [-0.15, -0.1) is 0 Å². The summed E-state index contributed by atoms with van der Waals surface area (Å²) in [5, 5.41) is 0. The molecule has 0 aromatic heterocycles. The van der Waals surface area contributed by atoms with Crippen molar-refractivity contribution in [3.05, 3.63) is 0 Å². The molecule has 2 amide bonds. The summed E-state index contributed by atoms with van der Waals surface area (Å²) in [7, 11) is 0. The molecule has 0 radical (unpaired) electrons. The predicted molar refractivity (Wildman–Crippen MR) is 78.3 cm³/mol. The van der Waals surface area contributed by atoms with E-state index < -0.39 is 0 Å². The van der Waals surface area contributed by atoms with Crippen LogP contribution in [0.2, 0.25) is 0 Å². The van der Waals surface area contributed by atoms with E-state index in [1.54, 1.807) is 4.90 Å². The van der Waals surface area contributed by atoms with Crippen LogP contribution in [0.1, 0.15) is 39.0 Å². The van der Waals surface area contributed by atoms with Crippen LogP contribution in [0.4, 0.5) is 0 Å². The average molecular weight is 281 g/mol. The molecule has 2 saturated heterocycles. The highest BCUT2D eigenvalue weighted by atomic mass is 16.2. The largest absolute Gasteiger partial charge is 0.342 e. The molecule has 0 aromatic rings. The minimum absolute atomic E-state index is 0.246. The van der Waals surface area contributed by atoms with Gasteiger partial charge in [-0.3, -0.25) is 14.5 Å². The standard InChI is InChI=1S/C15H27N3O2/c1-2-14-5-3-4-7-17(14)8-6-15(20)18-11-9-16(13-19)10-12-18/h13-14H,2-12H2,1H3. The van der Waals surface area contributed by atoms with Gasteiger partial charge < -0.3 is 9.80 Å². The number of piperidine rings is 1. The number of amides is 2. The van der Waals surface area contributed by atoms with Crippen LogP contribution in [0, 0.1) is 0 Å². The molecule has 0 saturated carbocycles. The SMILES string of the molecule is CCC1CCCCN1CCC(=O)N1CCN(C=O)CC1. The Morgan fingerprint density at radius 3 is 2.55 bits per heavy atom. The molecule has 0 bridgehead atoms. The Hall–Kier alpha value is -1.10. The van der Waals surface area contributed by atoms with Crippen molar-refractivity contribution in [2.45, 2.75) is 45.1 Å². The van der Waals surface area contributed by atoms with Gasteiger partial charge in [0.15, 0.2) is 0 Å². The number of likely N-dealkylation sites (tertiary alicyclic amines) is 1. The van der Waals surface area contributed by atoms with E-state index in [1.807, 2.05) is 4.90 Å². The molecule has 2 aliphatic rings. The Morgan fingerprint density at radius 2 is 1.90 bits per heavy atom. The first-order valence-electron chi connectivity index (χ1n) is 7.95. The Balaban J connectivity index is 1.73. The lowest BCUT2D eigenvalue weighted by Gasteiger charge is -2.36. The normalized spacial score (nSPS) is 24.8. The topological polar surface area (TPSA) is 43.9 Å². The van der Waals surface area contributed by atoms with Crippen LogP contribution >= 0.6 is 0 Å². The molecule has 2 fully saturated rings. The van der Waals surface area contributed by atoms with Crippen LogP contribution in [-0.2, 0) is 9.59 Å². The van der Waals surface area contributed by atoms with Gasteiger partial charge in [0, 0.05) is 45.2 Å². The van der Waals surface area contributed by atoms with Gasteiger partial charge in [-0.1, -0.05) is 13.3 Å². The van der Waals surface area contributed by atoms with Gasteiger partial charge in [-0.05, 0) is 25.8 Å². The number of hydrogen-bond acceptors (Lipinski definition) is 3. The van der Waals surface area contributed by atoms with Crippen LogP contribution in [0.15, 0.2) is 0 Å². The van der Waals surface area contributed by atoms with E-state index in [0.29, 0.717) is 38.6 Å². The minimum Gasteiger partial charge on any atom is -0.342 e. The number of carbonyl (C=O) groups is 2. The Bertz CT molecular complexity index is 327. The van der Waals surface area contributed by atoms with Crippen LogP contribution in [0.3, 0.4) is 0 Å². The second-order valence-corrected chi connectivity index (χ2v) is 5.87. The first kappa shape index (κ1) is 15.3. The Kier molecular flexibility index (Phi) is 5.83. The molecule has 0 spiro atoms. The lowest BCUT2D eigenvalue weighted by Crippen LogP contribution is -2.49. The van der Waals surface area contributed by atoms with Crippen molar-refractivity contribution < 1.29 is 9.59 Å². The van der Waals surface area contributed by atoms with Crippen LogP contribution < -0.4 is 0 Å². The first-order valence-corrected chi connectivity index (χ1v) is 7.95. The molecular weight excluding hydrogens is 254 g/mol. The second-order valence-electron chi connectivity index (χ2n) is 5.87. The van der Waals surface area contributed by atoms with E-state index in [1.165, 1.54) is 25.7 Å². The highest BCUT2D eigenvalue weighted by molar-refractivity contribution is 5.76. The molecule has 1 unspecified atom stereocenters. The minimum atomic E-state index is 0.246. The van der Waals surface area contributed by atoms with Gasteiger partial charge in [0.05, 0.1) is 0 Å². The van der Waals surface area contributed by atoms with Crippen molar-refractivity contribution in [2.75, 3.05) is 39.3 Å². The van der Waals surface area contributed by atoms with Gasteiger partial charge in [0.1, 0.15) is 0 Å². The van der Waals surface area contributed by atoms with E-state index in [2.05, 4.69) is 11.8 Å². The van der Waals surface area contributed by atoms with Gasteiger partial charge >= 0.3 is 0 Å². The van der Waals surface area contributed by atoms with Gasteiger partial charge in [-0.2, -0.15) is 0 Å². The summed E-state index contributed by atoms with van der Waals surface area (Å²) in [6.45, 7) is 7.01. The van der Waals surface area contributed by atoms with Crippen LogP contribution in [0.25, 0.3) is 0 Å². The molecule has 2 heterocycles. The maximum Gasteiger partial charge on any atom is 0.223 e. The van der Waals surface area contributed by atoms with Crippen LogP contribution in [-0.4, -0.2) is 72.3 Å². The highest BCUT2D eigenvalue weighted by Crippen LogP contribution is 2.19. The molecule has 114 valence electrons. The zero-order valence-corrected chi connectivity index (χ0v) is 12.6. The predicted octanol–water partition coefficient (Wildman–Crippen LogP) is 0.942. The van der Waals surface area contributed by atoms with Gasteiger partial charge in [-0.25, -0.2) is 0 Å². The van der Waals surface area contributed by atoms with Crippen molar-refractivity contribution >= 4 is 12.3 Å². The zero-order valence-electron chi connectivity index (χ0n) is 12.6. The van der Waals surface area contributed by atoms with Crippen molar-refractivity contribution in [1.29, 1.82) is 0 Å². The first-order chi connectivity index (χ1) is 9.74. The molecule has 0 N–H and O–H groups in total. The van der Waals surface area contributed by atoms with Gasteiger partial charge in [0.25, 0.3) is 0 Å². The molecule has 5 heteroatoms. The lowest BCUT2D eigenvalue weighted by molar-refractivity contribution is -0.135. The van der Waals surface area contributed by atoms with Crippen molar-refractivity contribution in [2.24, 2.45) is 0 Å². The number of rotatable bonds is 5. The number of nitrogens with zero attached hydrogens (tertiary/aromatic N) is 3. The van der Waals surface area contributed by atoms with E-state index in [0.717, 1.165) is 19.5 Å². The summed E-state index contributed by atoms with van der Waals surface area (Å²) in [6.07, 6.45) is 6.56. The Labute approximate surface area is 121 Å².